The Morgan fingerprint density at radius 3 is 2.57 bits per heavy atom. The van der Waals surface area contributed by atoms with E-state index in [1.54, 1.807) is 7.11 Å². The topological polar surface area (TPSA) is 47.6 Å². The second-order valence-electron chi connectivity index (χ2n) is 5.45. The van der Waals surface area contributed by atoms with Crippen molar-refractivity contribution in [2.24, 2.45) is 0 Å². The number of hydrogen-bond donors (Lipinski definition) is 1. The minimum Gasteiger partial charge on any atom is -0.481 e. The third-order valence-electron chi connectivity index (χ3n) is 3.47. The Morgan fingerprint density at radius 1 is 1.17 bits per heavy atom. The molecule has 122 valence electrons. The fourth-order valence-electron chi connectivity index (χ4n) is 2.23. The van der Waals surface area contributed by atoms with E-state index in [4.69, 9.17) is 9.47 Å². The maximum Gasteiger partial charge on any atom is 0.265 e. The van der Waals surface area contributed by atoms with Gasteiger partial charge in [-0.25, -0.2) is 0 Å². The number of carbonyl (C=O) groups excluding carboxylic acids is 1. The standard InChI is InChI=1S/C19H23NO3/c1-4-18(23-17-10-8-14(2)9-11-17)19(21)20-16-7-5-6-15(12-16)13-22-3/h5-12,18H,4,13H2,1-3H3,(H,20,21)/t18-/m0/s1. The molecule has 0 aliphatic carbocycles. The third-order valence-corrected chi connectivity index (χ3v) is 3.47. The lowest BCUT2D eigenvalue weighted by Crippen LogP contribution is -2.32. The molecule has 0 radical (unpaired) electrons. The van der Waals surface area contributed by atoms with Gasteiger partial charge in [0.05, 0.1) is 6.61 Å². The lowest BCUT2D eigenvalue weighted by atomic mass is 10.2. The summed E-state index contributed by atoms with van der Waals surface area (Å²) in [4.78, 5) is 12.4. The fourth-order valence-corrected chi connectivity index (χ4v) is 2.23. The van der Waals surface area contributed by atoms with Crippen molar-refractivity contribution in [3.05, 3.63) is 59.7 Å². The molecule has 0 fully saturated rings. The van der Waals surface area contributed by atoms with Gasteiger partial charge < -0.3 is 14.8 Å². The first-order chi connectivity index (χ1) is 11.1. The summed E-state index contributed by atoms with van der Waals surface area (Å²) in [7, 11) is 1.65. The van der Waals surface area contributed by atoms with Crippen LogP contribution in [0.1, 0.15) is 24.5 Å². The van der Waals surface area contributed by atoms with Crippen LogP contribution in [0.5, 0.6) is 5.75 Å². The number of aryl methyl sites for hydroxylation is 1. The second-order valence-corrected chi connectivity index (χ2v) is 5.45. The zero-order valence-corrected chi connectivity index (χ0v) is 13.8. The normalized spacial score (nSPS) is 11.8. The molecule has 0 saturated carbocycles. The van der Waals surface area contributed by atoms with Crippen LogP contribution in [0.3, 0.4) is 0 Å². The molecular weight excluding hydrogens is 290 g/mol. The summed E-state index contributed by atoms with van der Waals surface area (Å²) in [6.07, 6.45) is 0.0704. The van der Waals surface area contributed by atoms with E-state index in [0.29, 0.717) is 18.8 Å². The molecule has 0 saturated heterocycles. The number of benzene rings is 2. The summed E-state index contributed by atoms with van der Waals surface area (Å²) in [5.41, 5.74) is 2.91. The number of rotatable bonds is 7. The highest BCUT2D eigenvalue weighted by Crippen LogP contribution is 2.17. The van der Waals surface area contributed by atoms with E-state index in [0.717, 1.165) is 16.8 Å². The van der Waals surface area contributed by atoms with Crippen molar-refractivity contribution in [2.45, 2.75) is 33.0 Å². The van der Waals surface area contributed by atoms with Gasteiger partial charge in [-0.05, 0) is 43.2 Å². The predicted octanol–water partition coefficient (Wildman–Crippen LogP) is 3.94. The monoisotopic (exact) mass is 313 g/mol. The first-order valence-corrected chi connectivity index (χ1v) is 7.74. The van der Waals surface area contributed by atoms with Gasteiger partial charge in [0.1, 0.15) is 5.75 Å². The van der Waals surface area contributed by atoms with Gasteiger partial charge in [-0.3, -0.25) is 4.79 Å². The van der Waals surface area contributed by atoms with Gasteiger partial charge in [0.2, 0.25) is 0 Å². The average Bonchev–Trinajstić information content (AvgIpc) is 2.55. The molecule has 1 N–H and O–H groups in total. The fraction of sp³-hybridized carbons (Fsp3) is 0.316. The van der Waals surface area contributed by atoms with Gasteiger partial charge >= 0.3 is 0 Å². The molecular formula is C19H23NO3. The third kappa shape index (κ3) is 5.11. The van der Waals surface area contributed by atoms with Crippen molar-refractivity contribution < 1.29 is 14.3 Å². The first kappa shape index (κ1) is 17.0. The lowest BCUT2D eigenvalue weighted by Gasteiger charge is -2.17. The zero-order valence-electron chi connectivity index (χ0n) is 13.8. The van der Waals surface area contributed by atoms with E-state index in [-0.39, 0.29) is 5.91 Å². The van der Waals surface area contributed by atoms with E-state index in [2.05, 4.69) is 5.32 Å². The number of anilines is 1. The number of carbonyl (C=O) groups is 1. The number of hydrogen-bond acceptors (Lipinski definition) is 3. The molecule has 0 aromatic heterocycles. The Hall–Kier alpha value is -2.33. The van der Waals surface area contributed by atoms with E-state index >= 15 is 0 Å². The van der Waals surface area contributed by atoms with E-state index < -0.39 is 6.10 Å². The van der Waals surface area contributed by atoms with Gasteiger partial charge in [-0.15, -0.1) is 0 Å². The lowest BCUT2D eigenvalue weighted by molar-refractivity contribution is -0.122. The Labute approximate surface area is 137 Å². The minimum absolute atomic E-state index is 0.150. The highest BCUT2D eigenvalue weighted by atomic mass is 16.5. The van der Waals surface area contributed by atoms with Crippen LogP contribution in [0.15, 0.2) is 48.5 Å². The molecule has 0 aliphatic rings. The smallest absolute Gasteiger partial charge is 0.265 e. The zero-order chi connectivity index (χ0) is 16.7. The molecule has 2 rings (SSSR count). The van der Waals surface area contributed by atoms with Gasteiger partial charge in [0, 0.05) is 12.8 Å². The highest BCUT2D eigenvalue weighted by molar-refractivity contribution is 5.94. The van der Waals surface area contributed by atoms with Crippen LogP contribution in [0.4, 0.5) is 5.69 Å². The summed E-state index contributed by atoms with van der Waals surface area (Å²) in [5, 5.41) is 2.90. The molecule has 0 unspecified atom stereocenters. The minimum atomic E-state index is -0.524. The number of methoxy groups -OCH3 is 1. The summed E-state index contributed by atoms with van der Waals surface area (Å²) in [6, 6.07) is 15.3. The van der Waals surface area contributed by atoms with Crippen LogP contribution in [-0.4, -0.2) is 19.1 Å². The summed E-state index contributed by atoms with van der Waals surface area (Å²) in [6.45, 7) is 4.46. The van der Waals surface area contributed by atoms with Crippen LogP contribution in [0, 0.1) is 6.92 Å². The molecule has 0 bridgehead atoms. The summed E-state index contributed by atoms with van der Waals surface area (Å²) >= 11 is 0. The molecule has 1 amide bonds. The SMILES string of the molecule is CC[C@H](Oc1ccc(C)cc1)C(=O)Nc1cccc(COC)c1. The highest BCUT2D eigenvalue weighted by Gasteiger charge is 2.18. The molecule has 0 heterocycles. The Morgan fingerprint density at radius 2 is 1.91 bits per heavy atom. The van der Waals surface area contributed by atoms with Crippen molar-refractivity contribution in [1.29, 1.82) is 0 Å². The van der Waals surface area contributed by atoms with Gasteiger partial charge in [-0.1, -0.05) is 36.8 Å². The maximum absolute atomic E-state index is 12.4. The summed E-state index contributed by atoms with van der Waals surface area (Å²) in [5.74, 6) is 0.549. The molecule has 0 aliphatic heterocycles. The molecule has 2 aromatic rings. The van der Waals surface area contributed by atoms with Crippen molar-refractivity contribution in [2.75, 3.05) is 12.4 Å². The van der Waals surface area contributed by atoms with Crippen LogP contribution >= 0.6 is 0 Å². The van der Waals surface area contributed by atoms with E-state index in [1.165, 1.54) is 0 Å². The molecule has 4 nitrogen and oxygen atoms in total. The van der Waals surface area contributed by atoms with Gasteiger partial charge in [0.15, 0.2) is 6.10 Å². The van der Waals surface area contributed by atoms with E-state index in [1.807, 2.05) is 62.4 Å². The first-order valence-electron chi connectivity index (χ1n) is 7.74. The van der Waals surface area contributed by atoms with Crippen LogP contribution < -0.4 is 10.1 Å². The van der Waals surface area contributed by atoms with Crippen molar-refractivity contribution in [1.82, 2.24) is 0 Å². The van der Waals surface area contributed by atoms with Crippen molar-refractivity contribution in [3.8, 4) is 5.75 Å². The molecule has 23 heavy (non-hydrogen) atoms. The molecule has 4 heteroatoms. The molecule has 0 spiro atoms. The molecule has 2 aromatic carbocycles. The second kappa shape index (κ2) is 8.34. The Balaban J connectivity index is 2.02. The van der Waals surface area contributed by atoms with Crippen molar-refractivity contribution >= 4 is 11.6 Å². The Kier molecular flexibility index (Phi) is 6.18. The number of amides is 1. The predicted molar refractivity (Wildman–Crippen MR) is 91.7 cm³/mol. The van der Waals surface area contributed by atoms with Crippen molar-refractivity contribution in [3.63, 3.8) is 0 Å². The summed E-state index contributed by atoms with van der Waals surface area (Å²) < 4.78 is 10.9. The quantitative estimate of drug-likeness (QED) is 0.842. The largest absolute Gasteiger partial charge is 0.481 e. The maximum atomic E-state index is 12.4. The van der Waals surface area contributed by atoms with E-state index in [9.17, 15) is 4.79 Å². The van der Waals surface area contributed by atoms with Crippen LogP contribution in [-0.2, 0) is 16.1 Å². The van der Waals surface area contributed by atoms with Crippen LogP contribution in [0.2, 0.25) is 0 Å². The van der Waals surface area contributed by atoms with Gasteiger partial charge in [-0.2, -0.15) is 0 Å². The molecule has 1 atom stereocenters. The van der Waals surface area contributed by atoms with Gasteiger partial charge in [0.25, 0.3) is 5.91 Å². The average molecular weight is 313 g/mol. The number of nitrogens with one attached hydrogen (secondary N) is 1. The number of ether oxygens (including phenoxy) is 2. The van der Waals surface area contributed by atoms with Crippen LogP contribution in [0.25, 0.3) is 0 Å². The Bertz CT molecular complexity index is 637.